The second-order valence-electron chi connectivity index (χ2n) is 6.52. The van der Waals surface area contributed by atoms with Gasteiger partial charge in [-0.2, -0.15) is 25.9 Å². The molecule has 11 heteroatoms. The van der Waals surface area contributed by atoms with Crippen LogP contribution in [0.4, 0.5) is 18.9 Å². The number of amides is 1. The predicted octanol–water partition coefficient (Wildman–Crippen LogP) is 4.03. The summed E-state index contributed by atoms with van der Waals surface area (Å²) in [5.74, 6) is -1.66. The van der Waals surface area contributed by atoms with E-state index >= 15 is 0 Å². The van der Waals surface area contributed by atoms with Crippen LogP contribution in [0.1, 0.15) is 32.1 Å². The van der Waals surface area contributed by atoms with Crippen molar-refractivity contribution in [3.05, 3.63) is 42.7 Å². The minimum Gasteiger partial charge on any atom is -0.424 e. The first-order valence-electron chi connectivity index (χ1n) is 8.90. The van der Waals surface area contributed by atoms with Gasteiger partial charge in [0.2, 0.25) is 5.91 Å². The molecule has 0 saturated heterocycles. The van der Waals surface area contributed by atoms with Crippen molar-refractivity contribution < 1.29 is 31.1 Å². The predicted molar refractivity (Wildman–Crippen MR) is 97.6 cm³/mol. The number of hydrogen-bond donors (Lipinski definition) is 0. The lowest BCUT2D eigenvalue weighted by Gasteiger charge is -2.29. The van der Waals surface area contributed by atoms with Crippen LogP contribution in [0, 0.1) is 5.92 Å². The van der Waals surface area contributed by atoms with Gasteiger partial charge in [-0.05, 0) is 43.2 Å². The number of aromatic nitrogens is 2. The third-order valence-electron chi connectivity index (χ3n) is 4.51. The zero-order chi connectivity index (χ0) is 21.1. The zero-order valence-electron chi connectivity index (χ0n) is 15.2. The number of sulfonamides is 1. The fraction of sp³-hybridized carbons (Fsp3) is 0.389. The third-order valence-corrected chi connectivity index (χ3v) is 5.97. The number of hydrogen-bond acceptors (Lipinski definition) is 6. The highest BCUT2D eigenvalue weighted by Crippen LogP contribution is 2.35. The molecule has 7 nitrogen and oxygen atoms in total. The summed E-state index contributed by atoms with van der Waals surface area (Å²) in [5.41, 5.74) is -6.01. The van der Waals surface area contributed by atoms with E-state index in [2.05, 4.69) is 9.97 Å². The second kappa shape index (κ2) is 8.36. The number of carbonyl (C=O) groups excluding carboxylic acids is 1. The first-order valence-corrected chi connectivity index (χ1v) is 10.3. The molecule has 3 rings (SSSR count). The van der Waals surface area contributed by atoms with Gasteiger partial charge in [0.1, 0.15) is 5.75 Å². The standard InChI is InChI=1S/C18H18F3N3O4S/c19-18(20,21)29(26,27)24(16(25)13-5-2-1-3-6-13)14-7-9-15(10-8-14)28-17-22-11-4-12-23-17/h4,7-13H,1-3,5-6H2. The molecule has 1 aromatic carbocycles. The molecule has 1 heterocycles. The molecule has 1 aliphatic rings. The molecule has 0 atom stereocenters. The van der Waals surface area contributed by atoms with E-state index < -0.39 is 33.0 Å². The molecule has 1 saturated carbocycles. The Balaban J connectivity index is 1.92. The van der Waals surface area contributed by atoms with E-state index in [4.69, 9.17) is 4.74 Å². The van der Waals surface area contributed by atoms with E-state index in [0.717, 1.165) is 18.6 Å². The summed E-state index contributed by atoms with van der Waals surface area (Å²) < 4.78 is 69.2. The first kappa shape index (κ1) is 21.0. The number of anilines is 1. The maximum atomic E-state index is 13.2. The lowest BCUT2D eigenvalue weighted by molar-refractivity contribution is -0.122. The van der Waals surface area contributed by atoms with Gasteiger partial charge in [0.25, 0.3) is 0 Å². The SMILES string of the molecule is O=C(C1CCCCC1)N(c1ccc(Oc2ncccn2)cc1)S(=O)(=O)C(F)(F)F. The first-order chi connectivity index (χ1) is 13.7. The fourth-order valence-electron chi connectivity index (χ4n) is 3.10. The molecule has 2 aromatic rings. The number of ether oxygens (including phenoxy) is 1. The smallest absolute Gasteiger partial charge is 0.424 e. The molecule has 1 aromatic heterocycles. The van der Waals surface area contributed by atoms with Crippen molar-refractivity contribution in [3.63, 3.8) is 0 Å². The highest BCUT2D eigenvalue weighted by atomic mass is 32.2. The minimum absolute atomic E-state index is 0.0123. The summed E-state index contributed by atoms with van der Waals surface area (Å²) in [6, 6.07) is 6.26. The number of rotatable bonds is 5. The van der Waals surface area contributed by atoms with Crippen LogP contribution in [0.3, 0.4) is 0 Å². The topological polar surface area (TPSA) is 89.5 Å². The Morgan fingerprint density at radius 3 is 2.17 bits per heavy atom. The van der Waals surface area contributed by atoms with E-state index in [0.29, 0.717) is 25.7 Å². The normalized spacial score (nSPS) is 15.7. The average molecular weight is 429 g/mol. The maximum absolute atomic E-state index is 13.2. The van der Waals surface area contributed by atoms with Gasteiger partial charge in [-0.15, -0.1) is 0 Å². The molecule has 0 unspecified atom stereocenters. The van der Waals surface area contributed by atoms with Crippen LogP contribution in [0.15, 0.2) is 42.7 Å². The van der Waals surface area contributed by atoms with E-state index in [1.165, 1.54) is 24.5 Å². The third kappa shape index (κ3) is 4.66. The lowest BCUT2D eigenvalue weighted by Crippen LogP contribution is -2.47. The van der Waals surface area contributed by atoms with Crippen molar-refractivity contribution in [2.75, 3.05) is 4.31 Å². The zero-order valence-corrected chi connectivity index (χ0v) is 16.0. The molecular weight excluding hydrogens is 411 g/mol. The van der Waals surface area contributed by atoms with Crippen LogP contribution in [0.5, 0.6) is 11.8 Å². The minimum atomic E-state index is -5.89. The van der Waals surface area contributed by atoms with E-state index in [9.17, 15) is 26.4 Å². The Labute approximate surface area is 165 Å². The molecule has 0 spiro atoms. The van der Waals surface area contributed by atoms with Gasteiger partial charge >= 0.3 is 21.5 Å². The molecular formula is C18H18F3N3O4S. The summed E-state index contributed by atoms with van der Waals surface area (Å²) in [4.78, 5) is 20.5. The molecule has 1 fully saturated rings. The summed E-state index contributed by atoms with van der Waals surface area (Å²) in [7, 11) is -5.89. The summed E-state index contributed by atoms with van der Waals surface area (Å²) in [6.45, 7) is 0. The van der Waals surface area contributed by atoms with Gasteiger partial charge in [-0.3, -0.25) is 4.79 Å². The molecule has 0 aliphatic heterocycles. The molecule has 0 radical (unpaired) electrons. The molecule has 29 heavy (non-hydrogen) atoms. The highest BCUT2D eigenvalue weighted by Gasteiger charge is 2.53. The van der Waals surface area contributed by atoms with Gasteiger partial charge in [0, 0.05) is 18.3 Å². The maximum Gasteiger partial charge on any atom is 0.517 e. The average Bonchev–Trinajstić information content (AvgIpc) is 2.70. The van der Waals surface area contributed by atoms with E-state index in [-0.39, 0.29) is 16.1 Å². The lowest BCUT2D eigenvalue weighted by atomic mass is 9.88. The van der Waals surface area contributed by atoms with Gasteiger partial charge in [-0.1, -0.05) is 19.3 Å². The van der Waals surface area contributed by atoms with E-state index in [1.54, 1.807) is 6.07 Å². The highest BCUT2D eigenvalue weighted by molar-refractivity contribution is 7.94. The largest absolute Gasteiger partial charge is 0.517 e. The van der Waals surface area contributed by atoms with Crippen molar-refractivity contribution in [2.45, 2.75) is 37.6 Å². The Morgan fingerprint density at radius 2 is 1.62 bits per heavy atom. The molecule has 0 N–H and O–H groups in total. The molecule has 1 amide bonds. The quantitative estimate of drug-likeness (QED) is 0.713. The number of benzene rings is 1. The van der Waals surface area contributed by atoms with Gasteiger partial charge < -0.3 is 4.74 Å². The second-order valence-corrected chi connectivity index (χ2v) is 8.29. The Bertz CT molecular complexity index is 945. The molecule has 1 aliphatic carbocycles. The van der Waals surface area contributed by atoms with Gasteiger partial charge in [-0.25, -0.2) is 9.97 Å². The van der Waals surface area contributed by atoms with Crippen LogP contribution in [0.2, 0.25) is 0 Å². The molecule has 0 bridgehead atoms. The van der Waals surface area contributed by atoms with Crippen LogP contribution >= 0.6 is 0 Å². The summed E-state index contributed by atoms with van der Waals surface area (Å²) >= 11 is 0. The monoisotopic (exact) mass is 429 g/mol. The van der Waals surface area contributed by atoms with E-state index in [1.807, 2.05) is 0 Å². The van der Waals surface area contributed by atoms with Crippen LogP contribution in [-0.2, 0) is 14.8 Å². The number of alkyl halides is 3. The van der Waals surface area contributed by atoms with Crippen LogP contribution < -0.4 is 9.04 Å². The Hall–Kier alpha value is -2.69. The number of halogens is 3. The van der Waals surface area contributed by atoms with Crippen molar-refractivity contribution in [2.24, 2.45) is 5.92 Å². The van der Waals surface area contributed by atoms with Gasteiger partial charge in [0.05, 0.1) is 5.69 Å². The molecule has 156 valence electrons. The number of nitrogens with zero attached hydrogens (tertiary/aromatic N) is 3. The Kier molecular flexibility index (Phi) is 6.06. The summed E-state index contributed by atoms with van der Waals surface area (Å²) in [5, 5.41) is 0. The van der Waals surface area contributed by atoms with Crippen molar-refractivity contribution in [1.82, 2.24) is 9.97 Å². The van der Waals surface area contributed by atoms with Crippen molar-refractivity contribution in [3.8, 4) is 11.8 Å². The van der Waals surface area contributed by atoms with Crippen molar-refractivity contribution in [1.29, 1.82) is 0 Å². The summed E-state index contributed by atoms with van der Waals surface area (Å²) in [6.07, 6.45) is 5.79. The fourth-order valence-corrected chi connectivity index (χ4v) is 4.09. The van der Waals surface area contributed by atoms with Gasteiger partial charge in [0.15, 0.2) is 0 Å². The van der Waals surface area contributed by atoms with Crippen LogP contribution in [-0.4, -0.2) is 29.8 Å². The van der Waals surface area contributed by atoms with Crippen LogP contribution in [0.25, 0.3) is 0 Å². The Morgan fingerprint density at radius 1 is 1.03 bits per heavy atom. The van der Waals surface area contributed by atoms with Crippen molar-refractivity contribution >= 4 is 21.6 Å². The number of carbonyl (C=O) groups is 1.